The van der Waals surface area contributed by atoms with E-state index in [9.17, 15) is 43.9 Å². The highest BCUT2D eigenvalue weighted by Gasteiger charge is 2.50. The summed E-state index contributed by atoms with van der Waals surface area (Å²) in [5.74, 6) is -21.1. The van der Waals surface area contributed by atoms with Gasteiger partial charge in [0.05, 0.1) is 5.92 Å². The molecule has 4 atom stereocenters. The van der Waals surface area contributed by atoms with Crippen LogP contribution in [-0.4, -0.2) is 18.5 Å². The van der Waals surface area contributed by atoms with Crippen LogP contribution in [0.5, 0.6) is 0 Å². The Bertz CT molecular complexity index is 623. The van der Waals surface area contributed by atoms with E-state index < -0.39 is 70.7 Å². The molecule has 0 aliphatic heterocycles. The van der Waals surface area contributed by atoms with Crippen LogP contribution in [0, 0.1) is 29.1 Å². The summed E-state index contributed by atoms with van der Waals surface area (Å²) in [6.45, 7) is 0. The van der Waals surface area contributed by atoms with Gasteiger partial charge in [0.15, 0.2) is 41.4 Å². The quantitative estimate of drug-likeness (QED) is 0.397. The summed E-state index contributed by atoms with van der Waals surface area (Å²) < 4.78 is 132. The van der Waals surface area contributed by atoms with E-state index in [0.29, 0.717) is 0 Å². The molecule has 4 unspecified atom stereocenters. The van der Waals surface area contributed by atoms with Crippen molar-refractivity contribution < 1.29 is 43.9 Å². The lowest BCUT2D eigenvalue weighted by Gasteiger charge is -2.30. The molecule has 0 amide bonds. The molecule has 0 aromatic heterocycles. The Labute approximate surface area is 116 Å². The highest BCUT2D eigenvalue weighted by molar-refractivity contribution is 5.37. The fourth-order valence-electron chi connectivity index (χ4n) is 2.09. The molecule has 0 nitrogen and oxygen atoms in total. The van der Waals surface area contributed by atoms with Gasteiger partial charge in [-0.3, -0.25) is 0 Å². The maximum absolute atomic E-state index is 13.6. The summed E-state index contributed by atoms with van der Waals surface area (Å²) in [6, 6.07) is 0. The third-order valence-electron chi connectivity index (χ3n) is 3.20. The molecule has 1 aromatic carbocycles. The van der Waals surface area contributed by atoms with Crippen LogP contribution in [0.3, 0.4) is 0 Å². The number of alkyl halides is 3. The SMILES string of the molecule is FC1=C(F)C(c2c(F)c(F)c(F)c(F)c2F)C(F)C(F)C1F. The van der Waals surface area contributed by atoms with Crippen LogP contribution >= 0.6 is 0 Å². The number of hydrogen-bond donors (Lipinski definition) is 0. The van der Waals surface area contributed by atoms with Crippen molar-refractivity contribution >= 4 is 0 Å². The summed E-state index contributed by atoms with van der Waals surface area (Å²) in [5, 5.41) is 0. The Morgan fingerprint density at radius 1 is 0.500 bits per heavy atom. The van der Waals surface area contributed by atoms with Crippen LogP contribution in [0.1, 0.15) is 11.5 Å². The summed E-state index contributed by atoms with van der Waals surface area (Å²) in [6.07, 6.45) is -10.1. The molecule has 0 heterocycles. The number of rotatable bonds is 1. The molecule has 0 spiro atoms. The Morgan fingerprint density at radius 3 is 1.36 bits per heavy atom. The lowest BCUT2D eigenvalue weighted by Crippen LogP contribution is -2.39. The van der Waals surface area contributed by atoms with Crippen LogP contribution in [0.4, 0.5) is 43.9 Å². The van der Waals surface area contributed by atoms with Crippen LogP contribution < -0.4 is 0 Å². The molecule has 1 aliphatic carbocycles. The standard InChI is InChI=1S/C12H4F10/c13-3-1(4(14)8(18)11(21)7(3)17)2-5(15)9(19)12(22)10(20)6(2)16/h1,3,7,11H. The number of benzene rings is 1. The van der Waals surface area contributed by atoms with Gasteiger partial charge in [-0.15, -0.1) is 0 Å². The number of hydrogen-bond acceptors (Lipinski definition) is 0. The van der Waals surface area contributed by atoms with Crippen LogP contribution in [-0.2, 0) is 0 Å². The summed E-state index contributed by atoms with van der Waals surface area (Å²) in [5.41, 5.74) is -2.11. The van der Waals surface area contributed by atoms with Crippen LogP contribution in [0.2, 0.25) is 0 Å². The molecule has 0 saturated heterocycles. The van der Waals surface area contributed by atoms with Crippen LogP contribution in [0.25, 0.3) is 0 Å². The second-order valence-corrected chi connectivity index (χ2v) is 4.45. The lowest BCUT2D eigenvalue weighted by atomic mass is 9.83. The fourth-order valence-corrected chi connectivity index (χ4v) is 2.09. The third kappa shape index (κ3) is 2.15. The third-order valence-corrected chi connectivity index (χ3v) is 3.20. The minimum Gasteiger partial charge on any atom is -0.243 e. The monoisotopic (exact) mass is 338 g/mol. The molecule has 1 aromatic rings. The van der Waals surface area contributed by atoms with Gasteiger partial charge in [0.25, 0.3) is 0 Å². The molecule has 22 heavy (non-hydrogen) atoms. The van der Waals surface area contributed by atoms with Gasteiger partial charge in [0.1, 0.15) is 12.0 Å². The van der Waals surface area contributed by atoms with Gasteiger partial charge in [-0.2, -0.15) is 0 Å². The molecule has 0 bridgehead atoms. The first-order valence-corrected chi connectivity index (χ1v) is 5.59. The minimum absolute atomic E-state index is 2.11. The van der Waals surface area contributed by atoms with Gasteiger partial charge in [-0.05, 0) is 0 Å². The number of allylic oxidation sites excluding steroid dienone is 2. The summed E-state index contributed by atoms with van der Waals surface area (Å²) in [4.78, 5) is 0. The Hall–Kier alpha value is -1.74. The van der Waals surface area contributed by atoms with Gasteiger partial charge in [-0.1, -0.05) is 0 Å². The largest absolute Gasteiger partial charge is 0.243 e. The van der Waals surface area contributed by atoms with E-state index in [-0.39, 0.29) is 0 Å². The normalized spacial score (nSPS) is 29.2. The molecule has 1 aliphatic rings. The lowest BCUT2D eigenvalue weighted by molar-refractivity contribution is 0.0517. The first-order valence-electron chi connectivity index (χ1n) is 5.59. The zero-order valence-corrected chi connectivity index (χ0v) is 10.1. The van der Waals surface area contributed by atoms with Gasteiger partial charge >= 0.3 is 0 Å². The Balaban J connectivity index is 2.76. The molecule has 0 fully saturated rings. The van der Waals surface area contributed by atoms with Crippen LogP contribution in [0.15, 0.2) is 11.7 Å². The smallest absolute Gasteiger partial charge is 0.200 e. The zero-order chi connectivity index (χ0) is 16.9. The fraction of sp³-hybridized carbons (Fsp3) is 0.333. The maximum atomic E-state index is 13.6. The predicted octanol–water partition coefficient (Wildman–Crippen LogP) is 4.64. The topological polar surface area (TPSA) is 0 Å². The maximum Gasteiger partial charge on any atom is 0.200 e. The van der Waals surface area contributed by atoms with E-state index in [4.69, 9.17) is 0 Å². The average molecular weight is 338 g/mol. The van der Waals surface area contributed by atoms with Crippen molar-refractivity contribution in [2.45, 2.75) is 24.4 Å². The van der Waals surface area contributed by atoms with Crippen molar-refractivity contribution in [2.24, 2.45) is 0 Å². The zero-order valence-electron chi connectivity index (χ0n) is 10.1. The summed E-state index contributed by atoms with van der Waals surface area (Å²) >= 11 is 0. The van der Waals surface area contributed by atoms with Crippen molar-refractivity contribution in [1.82, 2.24) is 0 Å². The van der Waals surface area contributed by atoms with E-state index in [1.54, 1.807) is 0 Å². The second kappa shape index (κ2) is 5.47. The van der Waals surface area contributed by atoms with E-state index in [0.717, 1.165) is 0 Å². The molecule has 122 valence electrons. The minimum atomic E-state index is -3.39. The van der Waals surface area contributed by atoms with Crippen molar-refractivity contribution in [1.29, 1.82) is 0 Å². The van der Waals surface area contributed by atoms with E-state index in [2.05, 4.69) is 0 Å². The molecule has 2 rings (SSSR count). The molecular formula is C12H4F10. The molecule has 10 heteroatoms. The van der Waals surface area contributed by atoms with Gasteiger partial charge < -0.3 is 0 Å². The highest BCUT2D eigenvalue weighted by Crippen LogP contribution is 2.45. The Morgan fingerprint density at radius 2 is 0.909 bits per heavy atom. The van der Waals surface area contributed by atoms with Crippen molar-refractivity contribution in [3.8, 4) is 0 Å². The molecule has 0 radical (unpaired) electrons. The van der Waals surface area contributed by atoms with Crippen molar-refractivity contribution in [3.05, 3.63) is 46.3 Å². The predicted molar refractivity (Wildman–Crippen MR) is 52.9 cm³/mol. The van der Waals surface area contributed by atoms with Gasteiger partial charge in [0, 0.05) is 5.56 Å². The molecule has 0 saturated carbocycles. The van der Waals surface area contributed by atoms with Crippen molar-refractivity contribution in [3.63, 3.8) is 0 Å². The van der Waals surface area contributed by atoms with E-state index >= 15 is 0 Å². The highest BCUT2D eigenvalue weighted by atomic mass is 19.2. The summed E-state index contributed by atoms with van der Waals surface area (Å²) in [7, 11) is 0. The first-order chi connectivity index (χ1) is 10.1. The average Bonchev–Trinajstić information content (AvgIpc) is 2.50. The second-order valence-electron chi connectivity index (χ2n) is 4.45. The number of halogens is 10. The van der Waals surface area contributed by atoms with Gasteiger partial charge in [-0.25, -0.2) is 43.9 Å². The van der Waals surface area contributed by atoms with E-state index in [1.807, 2.05) is 0 Å². The molecule has 0 N–H and O–H groups in total. The van der Waals surface area contributed by atoms with E-state index in [1.165, 1.54) is 0 Å². The van der Waals surface area contributed by atoms with Gasteiger partial charge in [0.2, 0.25) is 5.82 Å². The van der Waals surface area contributed by atoms with Crippen molar-refractivity contribution in [2.75, 3.05) is 0 Å². The first kappa shape index (κ1) is 16.6. The molecular weight excluding hydrogens is 334 g/mol. The Kier molecular flexibility index (Phi) is 4.14.